The third-order valence-corrected chi connectivity index (χ3v) is 5.05. The first-order chi connectivity index (χ1) is 16.7. The first-order valence-electron chi connectivity index (χ1n) is 10.5. The molecule has 0 saturated heterocycles. The second-order valence-corrected chi connectivity index (χ2v) is 7.31. The zero-order valence-electron chi connectivity index (χ0n) is 19.0. The second kappa shape index (κ2) is 9.53. The van der Waals surface area contributed by atoms with Crippen molar-refractivity contribution >= 4 is 17.2 Å². The van der Waals surface area contributed by atoms with Crippen molar-refractivity contribution in [2.45, 2.75) is 13.1 Å². The average Bonchev–Trinajstić information content (AvgIpc) is 3.28. The van der Waals surface area contributed by atoms with E-state index in [9.17, 15) is 18.0 Å². The number of nitrogens with one attached hydrogen (secondary N) is 1. The van der Waals surface area contributed by atoms with Crippen LogP contribution >= 0.6 is 0 Å². The lowest BCUT2D eigenvalue weighted by atomic mass is 10.1. The number of hydrogen-bond donors (Lipinski definition) is 1. The first-order valence-corrected chi connectivity index (χ1v) is 10.5. The molecule has 0 unspecified atom stereocenters. The summed E-state index contributed by atoms with van der Waals surface area (Å²) in [5, 5.41) is 6.48. The molecule has 1 amide bonds. The number of carbonyl (C=O) groups excluding carboxylic acids is 1. The largest absolute Gasteiger partial charge is 0.494 e. The number of rotatable bonds is 7. The highest BCUT2D eigenvalue weighted by Crippen LogP contribution is 2.35. The predicted molar refractivity (Wildman–Crippen MR) is 122 cm³/mol. The summed E-state index contributed by atoms with van der Waals surface area (Å²) in [6.07, 6.45) is -4.75. The van der Waals surface area contributed by atoms with Crippen molar-refractivity contribution in [1.82, 2.24) is 14.6 Å². The molecule has 182 valence electrons. The zero-order chi connectivity index (χ0) is 25.2. The summed E-state index contributed by atoms with van der Waals surface area (Å²) < 4.78 is 58.1. The quantitative estimate of drug-likeness (QED) is 0.392. The standard InChI is InChI=1S/C24H21F3N4O4/c1-4-35-16-8-6-15(7-9-16)28-23(32)18-13-22-29-17(12-21(24(25,26)27)31(22)30-18)14-5-10-19(33-2)20(11-14)34-3/h5-13H,4H2,1-3H3,(H,28,32). The van der Waals surface area contributed by atoms with E-state index in [0.717, 1.165) is 6.07 Å². The lowest BCUT2D eigenvalue weighted by Gasteiger charge is -2.12. The molecule has 4 aromatic rings. The predicted octanol–water partition coefficient (Wildman–Crippen LogP) is 5.08. The molecular weight excluding hydrogens is 465 g/mol. The highest BCUT2D eigenvalue weighted by Gasteiger charge is 2.35. The molecule has 2 aromatic carbocycles. The number of methoxy groups -OCH3 is 2. The van der Waals surface area contributed by atoms with Crippen molar-refractivity contribution in [3.8, 4) is 28.5 Å². The van der Waals surface area contributed by atoms with Crippen LogP contribution in [0.5, 0.6) is 17.2 Å². The Morgan fingerprint density at radius 2 is 1.71 bits per heavy atom. The molecule has 0 bridgehead atoms. The maximum Gasteiger partial charge on any atom is 0.433 e. The van der Waals surface area contributed by atoms with Crippen LogP contribution in [0.15, 0.2) is 54.6 Å². The number of carbonyl (C=O) groups is 1. The highest BCUT2D eigenvalue weighted by atomic mass is 19.4. The van der Waals surface area contributed by atoms with Gasteiger partial charge in [-0.05, 0) is 55.5 Å². The Kier molecular flexibility index (Phi) is 6.50. The molecule has 2 heterocycles. The van der Waals surface area contributed by atoms with Crippen LogP contribution in [0.25, 0.3) is 16.9 Å². The van der Waals surface area contributed by atoms with Crippen molar-refractivity contribution in [3.63, 3.8) is 0 Å². The van der Waals surface area contributed by atoms with Gasteiger partial charge in [0.15, 0.2) is 28.5 Å². The van der Waals surface area contributed by atoms with Crippen LogP contribution in [-0.4, -0.2) is 41.3 Å². The van der Waals surface area contributed by atoms with Gasteiger partial charge in [0.1, 0.15) is 5.75 Å². The Labute approximate surface area is 198 Å². The van der Waals surface area contributed by atoms with E-state index in [1.165, 1.54) is 26.4 Å². The molecule has 11 heteroatoms. The van der Waals surface area contributed by atoms with E-state index < -0.39 is 17.8 Å². The molecule has 0 atom stereocenters. The number of fused-ring (bicyclic) bond motifs is 1. The third kappa shape index (κ3) is 4.98. The maximum absolute atomic E-state index is 13.9. The number of benzene rings is 2. The number of halogens is 3. The maximum atomic E-state index is 13.9. The van der Waals surface area contributed by atoms with E-state index >= 15 is 0 Å². The molecule has 8 nitrogen and oxygen atoms in total. The van der Waals surface area contributed by atoms with E-state index in [-0.39, 0.29) is 17.0 Å². The van der Waals surface area contributed by atoms with Gasteiger partial charge in [-0.1, -0.05) is 0 Å². The Morgan fingerprint density at radius 3 is 2.34 bits per heavy atom. The Hall–Kier alpha value is -4.28. The highest BCUT2D eigenvalue weighted by molar-refractivity contribution is 6.03. The van der Waals surface area contributed by atoms with E-state index in [1.54, 1.807) is 36.4 Å². The minimum absolute atomic E-state index is 0.0316. The van der Waals surface area contributed by atoms with E-state index in [0.29, 0.717) is 39.6 Å². The minimum Gasteiger partial charge on any atom is -0.494 e. The summed E-state index contributed by atoms with van der Waals surface area (Å²) in [6, 6.07) is 13.3. The van der Waals surface area contributed by atoms with Gasteiger partial charge in [-0.2, -0.15) is 18.3 Å². The number of alkyl halides is 3. The summed E-state index contributed by atoms with van der Waals surface area (Å²) in [7, 11) is 2.88. The number of nitrogens with zero attached hydrogens (tertiary/aromatic N) is 3. The molecule has 2 aromatic heterocycles. The number of anilines is 1. The third-order valence-electron chi connectivity index (χ3n) is 5.05. The lowest BCUT2D eigenvalue weighted by molar-refractivity contribution is -0.142. The second-order valence-electron chi connectivity index (χ2n) is 7.31. The molecule has 0 aliphatic carbocycles. The van der Waals surface area contributed by atoms with Crippen molar-refractivity contribution in [3.05, 3.63) is 66.0 Å². The topological polar surface area (TPSA) is 87.0 Å². The molecule has 0 aliphatic rings. The van der Waals surface area contributed by atoms with Crippen molar-refractivity contribution in [1.29, 1.82) is 0 Å². The molecule has 0 saturated carbocycles. The molecule has 1 N–H and O–H groups in total. The van der Waals surface area contributed by atoms with Crippen LogP contribution in [-0.2, 0) is 6.18 Å². The summed E-state index contributed by atoms with van der Waals surface area (Å²) in [5.74, 6) is 0.704. The van der Waals surface area contributed by atoms with Crippen LogP contribution in [0, 0.1) is 0 Å². The van der Waals surface area contributed by atoms with Crippen LogP contribution in [0.3, 0.4) is 0 Å². The molecule has 0 radical (unpaired) electrons. The van der Waals surface area contributed by atoms with Gasteiger partial charge < -0.3 is 19.5 Å². The normalized spacial score (nSPS) is 11.4. The Morgan fingerprint density at radius 1 is 1.00 bits per heavy atom. The van der Waals surface area contributed by atoms with Gasteiger partial charge in [0.05, 0.1) is 26.5 Å². The summed E-state index contributed by atoms with van der Waals surface area (Å²) in [5.41, 5.74) is -0.595. The number of aromatic nitrogens is 3. The SMILES string of the molecule is CCOc1ccc(NC(=O)c2cc3nc(-c4ccc(OC)c(OC)c4)cc(C(F)(F)F)n3n2)cc1. The zero-order valence-corrected chi connectivity index (χ0v) is 19.0. The van der Waals surface area contributed by atoms with Gasteiger partial charge in [-0.25, -0.2) is 9.50 Å². The molecule has 35 heavy (non-hydrogen) atoms. The van der Waals surface area contributed by atoms with Crippen molar-refractivity contribution in [2.75, 3.05) is 26.1 Å². The Balaban J connectivity index is 1.72. The van der Waals surface area contributed by atoms with Gasteiger partial charge in [0.25, 0.3) is 5.91 Å². The van der Waals surface area contributed by atoms with Crippen LogP contribution in [0.4, 0.5) is 18.9 Å². The fourth-order valence-electron chi connectivity index (χ4n) is 3.43. The van der Waals surface area contributed by atoms with Crippen molar-refractivity contribution in [2.24, 2.45) is 0 Å². The van der Waals surface area contributed by atoms with Gasteiger partial charge in [0, 0.05) is 17.3 Å². The first kappa shape index (κ1) is 23.9. The summed E-state index contributed by atoms with van der Waals surface area (Å²) >= 11 is 0. The molecular formula is C24H21F3N4O4. The fraction of sp³-hybridized carbons (Fsp3) is 0.208. The average molecular weight is 486 g/mol. The van der Waals surface area contributed by atoms with Crippen LogP contribution < -0.4 is 19.5 Å². The summed E-state index contributed by atoms with van der Waals surface area (Å²) in [6.45, 7) is 2.34. The van der Waals surface area contributed by atoms with E-state index in [2.05, 4.69) is 15.4 Å². The molecule has 4 rings (SSSR count). The lowest BCUT2D eigenvalue weighted by Crippen LogP contribution is -2.15. The number of hydrogen-bond acceptors (Lipinski definition) is 6. The smallest absolute Gasteiger partial charge is 0.433 e. The Bertz CT molecular complexity index is 1370. The molecule has 0 aliphatic heterocycles. The molecule has 0 fully saturated rings. The van der Waals surface area contributed by atoms with Gasteiger partial charge in [-0.15, -0.1) is 0 Å². The van der Waals surface area contributed by atoms with Gasteiger partial charge >= 0.3 is 6.18 Å². The van der Waals surface area contributed by atoms with Crippen LogP contribution in [0.1, 0.15) is 23.1 Å². The van der Waals surface area contributed by atoms with Gasteiger partial charge in [0.2, 0.25) is 0 Å². The summed E-state index contributed by atoms with van der Waals surface area (Å²) in [4.78, 5) is 17.0. The van der Waals surface area contributed by atoms with Gasteiger partial charge in [-0.3, -0.25) is 4.79 Å². The number of ether oxygens (including phenoxy) is 3. The van der Waals surface area contributed by atoms with Crippen LogP contribution in [0.2, 0.25) is 0 Å². The monoisotopic (exact) mass is 486 g/mol. The molecule has 0 spiro atoms. The number of amides is 1. The van der Waals surface area contributed by atoms with E-state index in [4.69, 9.17) is 14.2 Å². The van der Waals surface area contributed by atoms with E-state index in [1.807, 2.05) is 6.92 Å². The fourth-order valence-corrected chi connectivity index (χ4v) is 3.43. The van der Waals surface area contributed by atoms with Crippen molar-refractivity contribution < 1.29 is 32.2 Å². The minimum atomic E-state index is -4.75.